The van der Waals surface area contributed by atoms with Gasteiger partial charge in [0, 0.05) is 17.1 Å². The number of phenolic OH excluding ortho intramolecular Hbond substituents is 1. The molecule has 0 saturated carbocycles. The molecule has 1 aliphatic carbocycles. The molecule has 0 bridgehead atoms. The molecule has 0 atom stereocenters. The number of hydrogen-bond acceptors (Lipinski definition) is 4. The van der Waals surface area contributed by atoms with Crippen molar-refractivity contribution in [1.29, 1.82) is 0 Å². The number of rotatable bonds is 2. The van der Waals surface area contributed by atoms with Crippen LogP contribution in [0.4, 0.5) is 5.82 Å². The van der Waals surface area contributed by atoms with Crippen LogP contribution in [-0.2, 0) is 12.8 Å². The molecular formula is C19H20N4O3. The second kappa shape index (κ2) is 5.72. The van der Waals surface area contributed by atoms with E-state index in [1.54, 1.807) is 12.1 Å². The van der Waals surface area contributed by atoms with E-state index < -0.39 is 11.5 Å². The van der Waals surface area contributed by atoms with E-state index in [1.807, 2.05) is 0 Å². The van der Waals surface area contributed by atoms with Crippen molar-refractivity contribution < 1.29 is 9.90 Å². The first-order chi connectivity index (χ1) is 12.3. The van der Waals surface area contributed by atoms with Gasteiger partial charge in [-0.15, -0.1) is 0 Å². The maximum Gasteiger partial charge on any atom is 0.262 e. The van der Waals surface area contributed by atoms with Gasteiger partial charge in [0.1, 0.15) is 11.3 Å². The van der Waals surface area contributed by atoms with Crippen LogP contribution < -0.4 is 10.9 Å². The van der Waals surface area contributed by atoms with Gasteiger partial charge in [0.05, 0.1) is 5.52 Å². The van der Waals surface area contributed by atoms with Crippen molar-refractivity contribution in [2.45, 2.75) is 33.1 Å². The smallest absolute Gasteiger partial charge is 0.262 e. The molecule has 1 amide bonds. The van der Waals surface area contributed by atoms with Gasteiger partial charge in [0.2, 0.25) is 0 Å². The van der Waals surface area contributed by atoms with Crippen molar-refractivity contribution >= 4 is 22.6 Å². The molecule has 4 rings (SSSR count). The van der Waals surface area contributed by atoms with Crippen LogP contribution in [0.3, 0.4) is 0 Å². The standard InChI is InChI=1S/C19H20N4O3/c1-19(2)6-5-10-7-13(17(25)20-15(10)9-19)18(26)21-16-12-4-3-11(24)8-14(12)22-23-16/h3-4,7-8,24H,5-6,9H2,1-2H3,(H,20,25)(H2,21,22,23,26). The Morgan fingerprint density at radius 2 is 2.12 bits per heavy atom. The first-order valence-electron chi connectivity index (χ1n) is 8.56. The lowest BCUT2D eigenvalue weighted by Crippen LogP contribution is -2.30. The zero-order valence-electron chi connectivity index (χ0n) is 14.6. The summed E-state index contributed by atoms with van der Waals surface area (Å²) in [6.45, 7) is 4.35. The van der Waals surface area contributed by atoms with Crippen LogP contribution in [0.5, 0.6) is 5.75 Å². The predicted molar refractivity (Wildman–Crippen MR) is 98.6 cm³/mol. The average Bonchev–Trinajstić information content (AvgIpc) is 2.95. The summed E-state index contributed by atoms with van der Waals surface area (Å²) < 4.78 is 0. The van der Waals surface area contributed by atoms with Crippen molar-refractivity contribution in [3.63, 3.8) is 0 Å². The van der Waals surface area contributed by atoms with Crippen molar-refractivity contribution in [2.24, 2.45) is 5.41 Å². The van der Waals surface area contributed by atoms with E-state index in [0.717, 1.165) is 30.5 Å². The number of aromatic hydroxyl groups is 1. The Morgan fingerprint density at radius 3 is 2.92 bits per heavy atom. The van der Waals surface area contributed by atoms with Gasteiger partial charge < -0.3 is 15.4 Å². The number of amides is 1. The van der Waals surface area contributed by atoms with Gasteiger partial charge in [0.15, 0.2) is 5.82 Å². The molecule has 0 spiro atoms. The number of carbonyl (C=O) groups excluding carboxylic acids is 1. The monoisotopic (exact) mass is 352 g/mol. The molecule has 7 nitrogen and oxygen atoms in total. The van der Waals surface area contributed by atoms with Crippen molar-refractivity contribution in [1.82, 2.24) is 15.2 Å². The fourth-order valence-corrected chi connectivity index (χ4v) is 3.48. The minimum atomic E-state index is -0.500. The number of benzene rings is 1. The second-order valence-electron chi connectivity index (χ2n) is 7.61. The van der Waals surface area contributed by atoms with Crippen molar-refractivity contribution in [3.8, 4) is 5.75 Å². The molecule has 7 heteroatoms. The fourth-order valence-electron chi connectivity index (χ4n) is 3.48. The third-order valence-corrected chi connectivity index (χ3v) is 4.96. The maximum atomic E-state index is 12.6. The third kappa shape index (κ3) is 2.85. The lowest BCUT2D eigenvalue weighted by atomic mass is 9.76. The highest BCUT2D eigenvalue weighted by molar-refractivity contribution is 6.07. The first-order valence-corrected chi connectivity index (χ1v) is 8.56. The summed E-state index contributed by atoms with van der Waals surface area (Å²) in [7, 11) is 0. The topological polar surface area (TPSA) is 111 Å². The molecule has 0 aliphatic heterocycles. The Morgan fingerprint density at radius 1 is 1.31 bits per heavy atom. The van der Waals surface area contributed by atoms with Crippen LogP contribution in [0.2, 0.25) is 0 Å². The Kier molecular flexibility index (Phi) is 3.61. The van der Waals surface area contributed by atoms with Crippen molar-refractivity contribution in [2.75, 3.05) is 5.32 Å². The lowest BCUT2D eigenvalue weighted by Gasteiger charge is -2.30. The molecule has 134 valence electrons. The van der Waals surface area contributed by atoms with E-state index in [9.17, 15) is 14.7 Å². The Balaban J connectivity index is 1.65. The molecule has 2 aromatic heterocycles. The van der Waals surface area contributed by atoms with E-state index in [2.05, 4.69) is 34.3 Å². The number of hydrogen-bond donors (Lipinski definition) is 4. The van der Waals surface area contributed by atoms with E-state index in [4.69, 9.17) is 0 Å². The molecule has 4 N–H and O–H groups in total. The average molecular weight is 352 g/mol. The van der Waals surface area contributed by atoms with Crippen LogP contribution in [0, 0.1) is 5.41 Å². The van der Waals surface area contributed by atoms with Gasteiger partial charge in [-0.3, -0.25) is 14.7 Å². The van der Waals surface area contributed by atoms with Gasteiger partial charge >= 0.3 is 0 Å². The van der Waals surface area contributed by atoms with Crippen LogP contribution in [-0.4, -0.2) is 26.2 Å². The zero-order chi connectivity index (χ0) is 18.5. The van der Waals surface area contributed by atoms with E-state index in [-0.39, 0.29) is 16.7 Å². The van der Waals surface area contributed by atoms with E-state index >= 15 is 0 Å². The summed E-state index contributed by atoms with van der Waals surface area (Å²) in [5.74, 6) is -0.0725. The molecular weight excluding hydrogens is 332 g/mol. The second-order valence-corrected chi connectivity index (χ2v) is 7.61. The fraction of sp³-hybridized carbons (Fsp3) is 0.316. The zero-order valence-corrected chi connectivity index (χ0v) is 14.6. The first kappa shape index (κ1) is 16.4. The number of aromatic amines is 2. The number of nitrogens with one attached hydrogen (secondary N) is 3. The summed E-state index contributed by atoms with van der Waals surface area (Å²) in [6, 6.07) is 6.38. The summed E-state index contributed by atoms with van der Waals surface area (Å²) in [4.78, 5) is 27.9. The summed E-state index contributed by atoms with van der Waals surface area (Å²) in [6.07, 6.45) is 2.65. The van der Waals surface area contributed by atoms with E-state index in [0.29, 0.717) is 16.7 Å². The molecule has 2 heterocycles. The lowest BCUT2D eigenvalue weighted by molar-refractivity contribution is 0.102. The van der Waals surface area contributed by atoms with Gasteiger partial charge in [0.25, 0.3) is 11.5 Å². The number of H-pyrrole nitrogens is 2. The maximum absolute atomic E-state index is 12.6. The molecule has 0 unspecified atom stereocenters. The SMILES string of the molecule is CC1(C)CCc2cc(C(=O)Nc3n[nH]c4cc(O)ccc34)c(=O)[nH]c2C1. The highest BCUT2D eigenvalue weighted by Crippen LogP contribution is 2.33. The number of carbonyl (C=O) groups is 1. The normalized spacial score (nSPS) is 15.6. The van der Waals surface area contributed by atoms with Crippen LogP contribution >= 0.6 is 0 Å². The highest BCUT2D eigenvalue weighted by Gasteiger charge is 2.27. The summed E-state index contributed by atoms with van der Waals surface area (Å²) >= 11 is 0. The minimum Gasteiger partial charge on any atom is -0.508 e. The number of aromatic nitrogens is 3. The molecule has 0 fully saturated rings. The number of fused-ring (bicyclic) bond motifs is 2. The van der Waals surface area contributed by atoms with Crippen LogP contribution in [0.25, 0.3) is 10.9 Å². The molecule has 0 saturated heterocycles. The number of phenols is 1. The number of nitrogens with zero attached hydrogens (tertiary/aromatic N) is 1. The molecule has 1 aromatic carbocycles. The van der Waals surface area contributed by atoms with Gasteiger partial charge in [-0.25, -0.2) is 0 Å². The van der Waals surface area contributed by atoms with Gasteiger partial charge in [-0.05, 0) is 48.4 Å². The Bertz CT molecular complexity index is 1080. The van der Waals surface area contributed by atoms with Gasteiger partial charge in [-0.2, -0.15) is 5.10 Å². The molecule has 0 radical (unpaired) electrons. The quantitative estimate of drug-likeness (QED) is 0.568. The summed E-state index contributed by atoms with van der Waals surface area (Å²) in [5.41, 5.74) is 2.38. The summed E-state index contributed by atoms with van der Waals surface area (Å²) in [5, 5.41) is 19.7. The number of aryl methyl sites for hydroxylation is 1. The third-order valence-electron chi connectivity index (χ3n) is 4.96. The van der Waals surface area contributed by atoms with Crippen molar-refractivity contribution in [3.05, 3.63) is 51.4 Å². The number of anilines is 1. The Hall–Kier alpha value is -3.09. The highest BCUT2D eigenvalue weighted by atomic mass is 16.3. The minimum absolute atomic E-state index is 0.0818. The largest absolute Gasteiger partial charge is 0.508 e. The van der Waals surface area contributed by atoms with E-state index in [1.165, 1.54) is 12.1 Å². The van der Waals surface area contributed by atoms with Crippen LogP contribution in [0.1, 0.15) is 41.9 Å². The molecule has 3 aromatic rings. The number of pyridine rings is 1. The predicted octanol–water partition coefficient (Wildman–Crippen LogP) is 2.72. The Labute approximate surface area is 149 Å². The van der Waals surface area contributed by atoms with Gasteiger partial charge in [-0.1, -0.05) is 13.8 Å². The molecule has 1 aliphatic rings. The molecule has 26 heavy (non-hydrogen) atoms. The van der Waals surface area contributed by atoms with Crippen LogP contribution in [0.15, 0.2) is 29.1 Å².